The van der Waals surface area contributed by atoms with Crippen molar-refractivity contribution in [3.63, 3.8) is 0 Å². The number of aromatic nitrogens is 2. The number of amides is 2. The molecule has 1 fully saturated rings. The molecule has 3 rings (SSSR count). The van der Waals surface area contributed by atoms with Gasteiger partial charge >= 0.3 is 11.9 Å². The summed E-state index contributed by atoms with van der Waals surface area (Å²) in [5.74, 6) is -2.01. The number of anilines is 2. The summed E-state index contributed by atoms with van der Waals surface area (Å²) in [6.45, 7) is 3.80. The van der Waals surface area contributed by atoms with Crippen molar-refractivity contribution in [1.29, 1.82) is 0 Å². The number of nitrogens with two attached hydrogens (primary N) is 1. The fourth-order valence-corrected chi connectivity index (χ4v) is 3.81. The average Bonchev–Trinajstić information content (AvgIpc) is 3.01. The molecule has 2 N–H and O–H groups in total. The largest absolute Gasteiger partial charge is 0.462 e. The van der Waals surface area contributed by atoms with Gasteiger partial charge in [-0.25, -0.2) is 24.5 Å². The van der Waals surface area contributed by atoms with Gasteiger partial charge < -0.3 is 15.2 Å². The molecule has 0 saturated carbocycles. The van der Waals surface area contributed by atoms with E-state index in [1.807, 2.05) is 0 Å². The molecule has 1 aromatic carbocycles. The molecular formula is C20H20N4O6S. The van der Waals surface area contributed by atoms with Crippen molar-refractivity contribution >= 4 is 47.0 Å². The molecule has 1 aliphatic heterocycles. The van der Waals surface area contributed by atoms with E-state index in [0.717, 1.165) is 16.7 Å². The average molecular weight is 444 g/mol. The quantitative estimate of drug-likeness (QED) is 0.382. The second-order valence-corrected chi connectivity index (χ2v) is 7.49. The van der Waals surface area contributed by atoms with Gasteiger partial charge in [-0.3, -0.25) is 9.59 Å². The fraction of sp³-hybridized carbons (Fsp3) is 0.300. The molecule has 2 heterocycles. The van der Waals surface area contributed by atoms with Crippen LogP contribution in [0.4, 0.5) is 11.5 Å². The van der Waals surface area contributed by atoms with E-state index in [2.05, 4.69) is 9.97 Å². The Morgan fingerprint density at radius 2 is 1.77 bits per heavy atom. The van der Waals surface area contributed by atoms with Gasteiger partial charge in [0, 0.05) is 12.6 Å². The zero-order valence-electron chi connectivity index (χ0n) is 16.9. The van der Waals surface area contributed by atoms with Crippen LogP contribution in [0.2, 0.25) is 0 Å². The number of hydrogen-bond acceptors (Lipinski definition) is 10. The summed E-state index contributed by atoms with van der Waals surface area (Å²) in [5, 5.41) is -0.582. The summed E-state index contributed by atoms with van der Waals surface area (Å²) in [5.41, 5.74) is 6.50. The number of nitrogens with zero attached hydrogens (tertiary/aromatic N) is 3. The lowest BCUT2D eigenvalue weighted by atomic mass is 10.2. The topological polar surface area (TPSA) is 142 Å². The fourth-order valence-electron chi connectivity index (χ4n) is 2.86. The standard InChI is InChI=1S/C20H20N4O6S/c1-3-29-18(27)11-5-7-12(8-6-11)24-15(25)9-14(17(24)26)31-20-22-10-13(16(21)23-20)19(28)30-4-2/h5-8,10,14H,3-4,9H2,1-2H3,(H2,21,22,23). The molecule has 2 amide bonds. The van der Waals surface area contributed by atoms with E-state index >= 15 is 0 Å². The number of hydrogen-bond donors (Lipinski definition) is 1. The van der Waals surface area contributed by atoms with Crippen LogP contribution in [0.1, 0.15) is 41.0 Å². The lowest BCUT2D eigenvalue weighted by molar-refractivity contribution is -0.121. The number of nitrogen functional groups attached to an aromatic ring is 1. The molecule has 31 heavy (non-hydrogen) atoms. The van der Waals surface area contributed by atoms with Crippen molar-refractivity contribution in [3.8, 4) is 0 Å². The van der Waals surface area contributed by atoms with Crippen LogP contribution < -0.4 is 10.6 Å². The Hall–Kier alpha value is -3.47. The minimum absolute atomic E-state index is 0.0309. The van der Waals surface area contributed by atoms with Crippen molar-refractivity contribution < 1.29 is 28.7 Å². The van der Waals surface area contributed by atoms with E-state index in [1.54, 1.807) is 13.8 Å². The first-order valence-electron chi connectivity index (χ1n) is 9.46. The van der Waals surface area contributed by atoms with Crippen LogP contribution in [-0.2, 0) is 19.1 Å². The molecule has 11 heteroatoms. The Morgan fingerprint density at radius 1 is 1.13 bits per heavy atom. The maximum absolute atomic E-state index is 12.8. The molecule has 0 bridgehead atoms. The van der Waals surface area contributed by atoms with Gasteiger partial charge in [-0.05, 0) is 38.1 Å². The molecule has 1 saturated heterocycles. The van der Waals surface area contributed by atoms with Crippen LogP contribution in [-0.4, -0.2) is 52.2 Å². The Bertz CT molecular complexity index is 1030. The summed E-state index contributed by atoms with van der Waals surface area (Å²) >= 11 is 0.984. The lowest BCUT2D eigenvalue weighted by Gasteiger charge is -2.15. The highest BCUT2D eigenvalue weighted by Crippen LogP contribution is 2.33. The van der Waals surface area contributed by atoms with Crippen molar-refractivity contribution in [2.24, 2.45) is 0 Å². The van der Waals surface area contributed by atoms with Crippen LogP contribution in [0.25, 0.3) is 0 Å². The third kappa shape index (κ3) is 4.82. The van der Waals surface area contributed by atoms with Crippen LogP contribution in [0.3, 0.4) is 0 Å². The van der Waals surface area contributed by atoms with Crippen LogP contribution >= 0.6 is 11.8 Å². The van der Waals surface area contributed by atoms with Crippen LogP contribution in [0.5, 0.6) is 0 Å². The van der Waals surface area contributed by atoms with E-state index in [0.29, 0.717) is 11.3 Å². The van der Waals surface area contributed by atoms with Crippen molar-refractivity contribution in [2.75, 3.05) is 23.8 Å². The Balaban J connectivity index is 1.72. The minimum Gasteiger partial charge on any atom is -0.462 e. The van der Waals surface area contributed by atoms with Crippen molar-refractivity contribution in [2.45, 2.75) is 30.7 Å². The molecular weight excluding hydrogens is 424 g/mol. The zero-order chi connectivity index (χ0) is 22.5. The summed E-state index contributed by atoms with van der Waals surface area (Å²) < 4.78 is 9.80. The molecule has 1 aromatic heterocycles. The van der Waals surface area contributed by atoms with E-state index < -0.39 is 23.1 Å². The smallest absolute Gasteiger partial charge is 0.343 e. The molecule has 0 radical (unpaired) electrons. The molecule has 10 nitrogen and oxygen atoms in total. The molecule has 162 valence electrons. The number of carbonyl (C=O) groups excluding carboxylic acids is 4. The van der Waals surface area contributed by atoms with Gasteiger partial charge in [0.2, 0.25) is 11.8 Å². The number of carbonyl (C=O) groups is 4. The van der Waals surface area contributed by atoms with Crippen molar-refractivity contribution in [1.82, 2.24) is 9.97 Å². The number of thioether (sulfide) groups is 1. The van der Waals surface area contributed by atoms with Gasteiger partial charge in [-0.15, -0.1) is 0 Å². The Morgan fingerprint density at radius 3 is 2.39 bits per heavy atom. The minimum atomic E-state index is -0.745. The molecule has 1 atom stereocenters. The normalized spacial score (nSPS) is 15.8. The van der Waals surface area contributed by atoms with Gasteiger partial charge in [-0.1, -0.05) is 11.8 Å². The van der Waals surface area contributed by atoms with Crippen molar-refractivity contribution in [3.05, 3.63) is 41.6 Å². The SMILES string of the molecule is CCOC(=O)c1ccc(N2C(=O)CC(Sc3ncc(C(=O)OCC)c(N)n3)C2=O)cc1. The van der Waals surface area contributed by atoms with Gasteiger partial charge in [0.05, 0.1) is 24.5 Å². The van der Waals surface area contributed by atoms with Crippen LogP contribution in [0.15, 0.2) is 35.6 Å². The molecule has 2 aromatic rings. The first-order chi connectivity index (χ1) is 14.8. The van der Waals surface area contributed by atoms with Crippen LogP contribution in [0, 0.1) is 0 Å². The van der Waals surface area contributed by atoms with E-state index in [9.17, 15) is 19.2 Å². The zero-order valence-corrected chi connectivity index (χ0v) is 17.7. The summed E-state index contributed by atoms with van der Waals surface area (Å²) in [6.07, 6.45) is 1.18. The lowest BCUT2D eigenvalue weighted by Crippen LogP contribution is -2.31. The maximum atomic E-state index is 12.8. The highest BCUT2D eigenvalue weighted by molar-refractivity contribution is 8.00. The van der Waals surface area contributed by atoms with Gasteiger partial charge in [0.25, 0.3) is 0 Å². The highest BCUT2D eigenvalue weighted by Gasteiger charge is 2.40. The Labute approximate surface area is 182 Å². The third-order valence-electron chi connectivity index (χ3n) is 4.28. The number of rotatable bonds is 7. The predicted octanol–water partition coefficient (Wildman–Crippen LogP) is 1.84. The maximum Gasteiger partial charge on any atom is 0.343 e. The summed E-state index contributed by atoms with van der Waals surface area (Å²) in [6, 6.07) is 6.01. The monoisotopic (exact) mass is 444 g/mol. The molecule has 1 aliphatic rings. The second-order valence-electron chi connectivity index (χ2n) is 6.32. The Kier molecular flexibility index (Phi) is 6.85. The van der Waals surface area contributed by atoms with Gasteiger partial charge in [-0.2, -0.15) is 0 Å². The first-order valence-corrected chi connectivity index (χ1v) is 10.3. The summed E-state index contributed by atoms with van der Waals surface area (Å²) in [7, 11) is 0. The van der Waals surface area contributed by atoms with E-state index in [1.165, 1.54) is 30.5 Å². The molecule has 0 aliphatic carbocycles. The number of imide groups is 1. The van der Waals surface area contributed by atoms with Gasteiger partial charge in [0.15, 0.2) is 5.16 Å². The summed E-state index contributed by atoms with van der Waals surface area (Å²) in [4.78, 5) is 58.0. The predicted molar refractivity (Wildman–Crippen MR) is 112 cm³/mol. The first kappa shape index (κ1) is 22.2. The number of ether oxygens (including phenoxy) is 2. The van der Waals surface area contributed by atoms with E-state index in [4.69, 9.17) is 15.2 Å². The number of benzene rings is 1. The molecule has 0 spiro atoms. The number of esters is 2. The highest BCUT2D eigenvalue weighted by atomic mass is 32.2. The van der Waals surface area contributed by atoms with Gasteiger partial charge in [0.1, 0.15) is 16.6 Å². The second kappa shape index (κ2) is 9.56. The molecule has 1 unspecified atom stereocenters. The third-order valence-corrected chi connectivity index (χ3v) is 5.34. The van der Waals surface area contributed by atoms with E-state index in [-0.39, 0.29) is 42.1 Å².